The number of carbonyl (C=O) groups is 1. The van der Waals surface area contributed by atoms with Crippen molar-refractivity contribution in [3.63, 3.8) is 0 Å². The van der Waals surface area contributed by atoms with Crippen LogP contribution in [0.3, 0.4) is 0 Å². The molecule has 0 bridgehead atoms. The van der Waals surface area contributed by atoms with Crippen molar-refractivity contribution in [1.29, 1.82) is 0 Å². The number of hydrogen-bond acceptors (Lipinski definition) is 5. The van der Waals surface area contributed by atoms with Gasteiger partial charge in [-0.1, -0.05) is 11.6 Å². The van der Waals surface area contributed by atoms with Gasteiger partial charge in [0.15, 0.2) is 0 Å². The molecule has 0 spiro atoms. The van der Waals surface area contributed by atoms with Gasteiger partial charge in [0.25, 0.3) is 0 Å². The summed E-state index contributed by atoms with van der Waals surface area (Å²) >= 11 is 5.66. The van der Waals surface area contributed by atoms with Crippen molar-refractivity contribution >= 4 is 27.6 Å². The highest BCUT2D eigenvalue weighted by atomic mass is 35.5. The van der Waals surface area contributed by atoms with E-state index in [0.717, 1.165) is 7.11 Å². The van der Waals surface area contributed by atoms with Crippen LogP contribution in [0.2, 0.25) is 5.02 Å². The normalized spacial score (nSPS) is 14.7. The van der Waals surface area contributed by atoms with Crippen LogP contribution in [-0.4, -0.2) is 38.7 Å². The Bertz CT molecular complexity index is 541. The summed E-state index contributed by atoms with van der Waals surface area (Å²) in [6, 6.07) is 4.03. The quantitative estimate of drug-likeness (QED) is 0.775. The second-order valence-electron chi connectivity index (χ2n) is 3.82. The van der Waals surface area contributed by atoms with Gasteiger partial charge in [0.2, 0.25) is 10.0 Å². The Kier molecular flexibility index (Phi) is 5.30. The molecule has 2 N–H and O–H groups in total. The molecule has 8 heteroatoms. The molecular weight excluding hydrogens is 294 g/mol. The summed E-state index contributed by atoms with van der Waals surface area (Å²) in [5.41, 5.74) is 0. The maximum atomic E-state index is 12.0. The van der Waals surface area contributed by atoms with Crippen LogP contribution in [-0.2, 0) is 19.6 Å². The zero-order valence-electron chi connectivity index (χ0n) is 10.3. The molecule has 0 heterocycles. The third-order valence-corrected chi connectivity index (χ3v) is 4.05. The Morgan fingerprint density at radius 1 is 1.37 bits per heavy atom. The molecule has 0 aromatic heterocycles. The van der Waals surface area contributed by atoms with Crippen LogP contribution in [0.5, 0.6) is 0 Å². The number of aliphatic hydroxyl groups excluding tert-OH is 1. The van der Waals surface area contributed by atoms with E-state index >= 15 is 0 Å². The molecule has 0 saturated heterocycles. The van der Waals surface area contributed by atoms with E-state index in [9.17, 15) is 18.3 Å². The van der Waals surface area contributed by atoms with Crippen molar-refractivity contribution in [2.75, 3.05) is 7.11 Å². The molecular formula is C11H14ClNO5S. The predicted octanol–water partition coefficient (Wildman–Crippen LogP) is 0.541. The molecule has 106 valence electrons. The van der Waals surface area contributed by atoms with Crippen LogP contribution in [0, 0.1) is 0 Å². The van der Waals surface area contributed by atoms with E-state index in [2.05, 4.69) is 9.46 Å². The highest BCUT2D eigenvalue weighted by molar-refractivity contribution is 7.89. The number of ether oxygens (including phenoxy) is 1. The van der Waals surface area contributed by atoms with Crippen LogP contribution in [0.25, 0.3) is 0 Å². The summed E-state index contributed by atoms with van der Waals surface area (Å²) in [6.45, 7) is 1.28. The Labute approximate surface area is 116 Å². The van der Waals surface area contributed by atoms with E-state index in [1.165, 1.54) is 31.2 Å². The summed E-state index contributed by atoms with van der Waals surface area (Å²) in [5.74, 6) is -0.868. The summed E-state index contributed by atoms with van der Waals surface area (Å²) in [5, 5.41) is 9.81. The maximum absolute atomic E-state index is 12.0. The first-order valence-corrected chi connectivity index (χ1v) is 7.18. The minimum Gasteiger partial charge on any atom is -0.468 e. The van der Waals surface area contributed by atoms with Gasteiger partial charge in [-0.15, -0.1) is 0 Å². The first kappa shape index (κ1) is 15.9. The van der Waals surface area contributed by atoms with E-state index in [1.807, 2.05) is 0 Å². The van der Waals surface area contributed by atoms with Gasteiger partial charge < -0.3 is 9.84 Å². The van der Waals surface area contributed by atoms with Crippen LogP contribution in [0.4, 0.5) is 0 Å². The van der Waals surface area contributed by atoms with E-state index in [0.29, 0.717) is 5.02 Å². The molecule has 1 aromatic carbocycles. The topological polar surface area (TPSA) is 92.7 Å². The number of esters is 1. The zero-order chi connectivity index (χ0) is 14.6. The Morgan fingerprint density at radius 3 is 2.32 bits per heavy atom. The number of sulfonamides is 1. The second kappa shape index (κ2) is 6.33. The number of methoxy groups -OCH3 is 1. The number of nitrogens with one attached hydrogen (secondary N) is 1. The fourth-order valence-corrected chi connectivity index (χ4v) is 2.70. The van der Waals surface area contributed by atoms with E-state index in [4.69, 9.17) is 11.6 Å². The number of hydrogen-bond donors (Lipinski definition) is 2. The first-order valence-electron chi connectivity index (χ1n) is 5.31. The summed E-state index contributed by atoms with van der Waals surface area (Å²) in [7, 11) is -2.84. The van der Waals surface area contributed by atoms with Gasteiger partial charge in [-0.05, 0) is 31.2 Å². The number of aliphatic hydroxyl groups is 1. The summed E-state index contributed by atoms with van der Waals surface area (Å²) in [4.78, 5) is 11.3. The van der Waals surface area contributed by atoms with Crippen molar-refractivity contribution in [2.24, 2.45) is 0 Å². The van der Waals surface area contributed by atoms with E-state index < -0.39 is 28.1 Å². The van der Waals surface area contributed by atoms with Crippen molar-refractivity contribution in [1.82, 2.24) is 4.72 Å². The van der Waals surface area contributed by atoms with Crippen molar-refractivity contribution in [2.45, 2.75) is 24.0 Å². The molecule has 6 nitrogen and oxygen atoms in total. The van der Waals surface area contributed by atoms with Crippen molar-refractivity contribution < 1.29 is 23.1 Å². The first-order chi connectivity index (χ1) is 8.77. The predicted molar refractivity (Wildman–Crippen MR) is 69.3 cm³/mol. The van der Waals surface area contributed by atoms with Gasteiger partial charge in [-0.25, -0.2) is 8.42 Å². The standard InChI is InChI=1S/C11H14ClNO5S/c1-7(14)10(11(15)18-2)13-19(16,17)9-5-3-8(12)4-6-9/h3-7,10,13-14H,1-2H3/t7?,10-/m0/s1. The third kappa shape index (κ3) is 4.17. The lowest BCUT2D eigenvalue weighted by atomic mass is 10.2. The average molecular weight is 308 g/mol. The fraction of sp³-hybridized carbons (Fsp3) is 0.364. The number of benzene rings is 1. The molecule has 0 radical (unpaired) electrons. The molecule has 0 saturated carbocycles. The van der Waals surface area contributed by atoms with Gasteiger partial charge in [-0.2, -0.15) is 4.72 Å². The number of halogens is 1. The van der Waals surface area contributed by atoms with Gasteiger partial charge in [0.05, 0.1) is 18.1 Å². The third-order valence-electron chi connectivity index (χ3n) is 2.34. The molecule has 0 amide bonds. The van der Waals surface area contributed by atoms with Crippen LogP contribution in [0.15, 0.2) is 29.2 Å². The maximum Gasteiger partial charge on any atom is 0.326 e. The minimum atomic E-state index is -3.95. The Hall–Kier alpha value is -1.15. The second-order valence-corrected chi connectivity index (χ2v) is 5.97. The van der Waals surface area contributed by atoms with Gasteiger partial charge >= 0.3 is 5.97 Å². The van der Waals surface area contributed by atoms with Crippen LogP contribution >= 0.6 is 11.6 Å². The Balaban J connectivity index is 3.00. The highest BCUT2D eigenvalue weighted by Gasteiger charge is 2.30. The monoisotopic (exact) mass is 307 g/mol. The molecule has 1 aromatic rings. The zero-order valence-corrected chi connectivity index (χ0v) is 11.9. The smallest absolute Gasteiger partial charge is 0.326 e. The number of carbonyl (C=O) groups excluding carboxylic acids is 1. The fourth-order valence-electron chi connectivity index (χ4n) is 1.32. The van der Waals surface area contributed by atoms with Crippen LogP contribution < -0.4 is 4.72 Å². The van der Waals surface area contributed by atoms with Gasteiger partial charge in [0, 0.05) is 5.02 Å². The highest BCUT2D eigenvalue weighted by Crippen LogP contribution is 2.14. The van der Waals surface area contributed by atoms with Crippen LogP contribution in [0.1, 0.15) is 6.92 Å². The van der Waals surface area contributed by atoms with E-state index in [-0.39, 0.29) is 4.90 Å². The lowest BCUT2D eigenvalue weighted by Crippen LogP contribution is -2.48. The average Bonchev–Trinajstić information content (AvgIpc) is 2.35. The molecule has 2 atom stereocenters. The SMILES string of the molecule is COC(=O)[C@@H](NS(=O)(=O)c1ccc(Cl)cc1)C(C)O. The minimum absolute atomic E-state index is 0.0635. The number of rotatable bonds is 5. The lowest BCUT2D eigenvalue weighted by molar-refractivity contribution is -0.145. The van der Waals surface area contributed by atoms with Crippen molar-refractivity contribution in [3.8, 4) is 0 Å². The molecule has 19 heavy (non-hydrogen) atoms. The molecule has 0 aliphatic carbocycles. The molecule has 1 rings (SSSR count). The molecule has 0 aliphatic rings. The van der Waals surface area contributed by atoms with Gasteiger partial charge in [0.1, 0.15) is 6.04 Å². The summed E-state index contributed by atoms with van der Waals surface area (Å²) in [6.07, 6.45) is -1.23. The molecule has 0 fully saturated rings. The largest absolute Gasteiger partial charge is 0.468 e. The lowest BCUT2D eigenvalue weighted by Gasteiger charge is -2.18. The molecule has 0 aliphatic heterocycles. The van der Waals surface area contributed by atoms with E-state index in [1.54, 1.807) is 0 Å². The van der Waals surface area contributed by atoms with Crippen molar-refractivity contribution in [3.05, 3.63) is 29.3 Å². The Morgan fingerprint density at radius 2 is 1.89 bits per heavy atom. The van der Waals surface area contributed by atoms with Gasteiger partial charge in [-0.3, -0.25) is 4.79 Å². The molecule has 1 unspecified atom stereocenters. The summed E-state index contributed by atoms with van der Waals surface area (Å²) < 4.78 is 30.5.